The van der Waals surface area contributed by atoms with Crippen molar-refractivity contribution in [2.45, 2.75) is 19.4 Å². The van der Waals surface area contributed by atoms with Gasteiger partial charge in [0.1, 0.15) is 6.10 Å². The number of esters is 1. The number of hydrogen-bond acceptors (Lipinski definition) is 5. The normalized spacial score (nSPS) is 25.6. The molecule has 5 nitrogen and oxygen atoms in total. The largest absolute Gasteiger partial charge is 0.460 e. The summed E-state index contributed by atoms with van der Waals surface area (Å²) in [5, 5.41) is 3.47. The number of allylic oxidation sites excluding steroid dienone is 2. The lowest BCUT2D eigenvalue weighted by atomic mass is 9.82. The van der Waals surface area contributed by atoms with Crippen LogP contribution in [0.1, 0.15) is 12.0 Å². The van der Waals surface area contributed by atoms with E-state index >= 15 is 0 Å². The van der Waals surface area contributed by atoms with Gasteiger partial charge < -0.3 is 10.1 Å². The molecular formula is C20H20Cl2N2O3S. The summed E-state index contributed by atoms with van der Waals surface area (Å²) in [7, 11) is 0. The summed E-state index contributed by atoms with van der Waals surface area (Å²) in [5.41, 5.74) is 1.98. The maximum absolute atomic E-state index is 13.1. The van der Waals surface area contributed by atoms with Gasteiger partial charge in [-0.15, -0.1) is 23.2 Å². The summed E-state index contributed by atoms with van der Waals surface area (Å²) in [6, 6.07) is 5.89. The Morgan fingerprint density at radius 2 is 1.96 bits per heavy atom. The molecule has 148 valence electrons. The lowest BCUT2D eigenvalue weighted by Crippen LogP contribution is -2.39. The van der Waals surface area contributed by atoms with Crippen molar-refractivity contribution in [1.82, 2.24) is 4.98 Å². The van der Waals surface area contributed by atoms with Crippen LogP contribution in [0.25, 0.3) is 10.2 Å². The van der Waals surface area contributed by atoms with Gasteiger partial charge >= 0.3 is 5.97 Å². The van der Waals surface area contributed by atoms with Crippen molar-refractivity contribution in [3.05, 3.63) is 35.9 Å². The number of carbonyl (C=O) groups is 2. The Morgan fingerprint density at radius 1 is 1.25 bits per heavy atom. The third kappa shape index (κ3) is 3.53. The van der Waals surface area contributed by atoms with Gasteiger partial charge in [0, 0.05) is 0 Å². The van der Waals surface area contributed by atoms with E-state index < -0.39 is 23.9 Å². The molecule has 0 radical (unpaired) electrons. The van der Waals surface area contributed by atoms with Gasteiger partial charge in [0.2, 0.25) is 5.91 Å². The zero-order chi connectivity index (χ0) is 19.8. The zero-order valence-corrected chi connectivity index (χ0v) is 17.6. The lowest BCUT2D eigenvalue weighted by Gasteiger charge is -2.26. The minimum absolute atomic E-state index is 0.0113. The van der Waals surface area contributed by atoms with E-state index in [9.17, 15) is 9.59 Å². The number of ether oxygens (including phenoxy) is 1. The van der Waals surface area contributed by atoms with Crippen LogP contribution in [0.5, 0.6) is 0 Å². The second-order valence-electron chi connectivity index (χ2n) is 7.30. The Hall–Kier alpha value is -1.63. The van der Waals surface area contributed by atoms with Crippen LogP contribution in [-0.2, 0) is 14.3 Å². The number of rotatable bonds is 6. The summed E-state index contributed by atoms with van der Waals surface area (Å²) in [6.45, 7) is 2.02. The molecule has 1 aromatic heterocycles. The molecule has 2 bridgehead atoms. The van der Waals surface area contributed by atoms with E-state index in [0.717, 1.165) is 22.2 Å². The van der Waals surface area contributed by atoms with Gasteiger partial charge in [0.05, 0.1) is 33.8 Å². The third-order valence-electron chi connectivity index (χ3n) is 5.50. The van der Waals surface area contributed by atoms with Crippen molar-refractivity contribution in [3.8, 4) is 0 Å². The molecule has 2 aromatic rings. The number of hydrogen-bond donors (Lipinski definition) is 1. The average Bonchev–Trinajstić information content (AvgIpc) is 3.40. The number of nitrogens with one attached hydrogen (secondary N) is 1. The standard InChI is InChI=1S/C20H20Cl2N2O3S/c1-10-3-2-4-14-17(10)28-20(23-14)24-18(25)15-11-5-6-12(7-11)16(15)19(26)27-13(8-21)9-22/h2-6,11-13,15-16H,7-9H2,1H3,(H,23,24,25)/t11-,12+,15+,16+/m1/s1. The fourth-order valence-corrected chi connectivity index (χ4v) is 5.57. The lowest BCUT2D eigenvalue weighted by molar-refractivity contribution is -0.156. The Kier molecular flexibility index (Phi) is 5.63. The number of thiazole rings is 1. The number of carbonyl (C=O) groups excluding carboxylic acids is 2. The Labute approximate surface area is 177 Å². The highest BCUT2D eigenvalue weighted by Crippen LogP contribution is 2.49. The second kappa shape index (κ2) is 8.01. The molecule has 1 aromatic carbocycles. The van der Waals surface area contributed by atoms with Crippen molar-refractivity contribution in [2.24, 2.45) is 23.7 Å². The number of alkyl halides is 2. The highest BCUT2D eigenvalue weighted by molar-refractivity contribution is 7.22. The molecule has 0 spiro atoms. The number of nitrogens with zero attached hydrogens (tertiary/aromatic N) is 1. The van der Waals surface area contributed by atoms with E-state index in [1.807, 2.05) is 37.3 Å². The van der Waals surface area contributed by atoms with Crippen LogP contribution in [-0.4, -0.2) is 34.7 Å². The molecule has 1 N–H and O–H groups in total. The predicted octanol–water partition coefficient (Wildman–Crippen LogP) is 4.37. The van der Waals surface area contributed by atoms with Crippen LogP contribution in [0.15, 0.2) is 30.4 Å². The van der Waals surface area contributed by atoms with E-state index in [-0.39, 0.29) is 29.5 Å². The topological polar surface area (TPSA) is 68.3 Å². The summed E-state index contributed by atoms with van der Waals surface area (Å²) in [5.74, 6) is -1.27. The third-order valence-corrected chi connectivity index (χ3v) is 7.31. The zero-order valence-electron chi connectivity index (χ0n) is 15.2. The Morgan fingerprint density at radius 3 is 2.64 bits per heavy atom. The molecule has 0 aliphatic heterocycles. The monoisotopic (exact) mass is 438 g/mol. The number of aromatic nitrogens is 1. The smallest absolute Gasteiger partial charge is 0.310 e. The first-order valence-corrected chi connectivity index (χ1v) is 11.1. The van der Waals surface area contributed by atoms with Crippen LogP contribution in [0.3, 0.4) is 0 Å². The molecule has 2 aliphatic rings. The van der Waals surface area contributed by atoms with Gasteiger partial charge in [-0.1, -0.05) is 35.6 Å². The number of amides is 1. The number of fused-ring (bicyclic) bond motifs is 3. The van der Waals surface area contributed by atoms with Crippen molar-refractivity contribution in [3.63, 3.8) is 0 Å². The van der Waals surface area contributed by atoms with Gasteiger partial charge in [0.15, 0.2) is 5.13 Å². The van der Waals surface area contributed by atoms with Gasteiger partial charge in [0.25, 0.3) is 0 Å². The van der Waals surface area contributed by atoms with E-state index in [0.29, 0.717) is 5.13 Å². The highest BCUT2D eigenvalue weighted by Gasteiger charge is 2.52. The summed E-state index contributed by atoms with van der Waals surface area (Å²) in [6.07, 6.45) is 4.28. The number of anilines is 1. The van der Waals surface area contributed by atoms with Gasteiger partial charge in [-0.25, -0.2) is 4.98 Å². The summed E-state index contributed by atoms with van der Waals surface area (Å²) >= 11 is 13.0. The van der Waals surface area contributed by atoms with Crippen molar-refractivity contribution in [1.29, 1.82) is 0 Å². The number of aryl methyl sites for hydroxylation is 1. The van der Waals surface area contributed by atoms with Crippen LogP contribution < -0.4 is 5.32 Å². The van der Waals surface area contributed by atoms with Crippen LogP contribution in [0.4, 0.5) is 5.13 Å². The number of benzene rings is 1. The maximum Gasteiger partial charge on any atom is 0.310 e. The minimum Gasteiger partial charge on any atom is -0.460 e. The van der Waals surface area contributed by atoms with Crippen molar-refractivity contribution < 1.29 is 14.3 Å². The second-order valence-corrected chi connectivity index (χ2v) is 8.92. The Balaban J connectivity index is 1.53. The summed E-state index contributed by atoms with van der Waals surface area (Å²) < 4.78 is 6.50. The van der Waals surface area contributed by atoms with E-state index in [1.165, 1.54) is 11.3 Å². The minimum atomic E-state index is -0.546. The molecule has 0 unspecified atom stereocenters. The van der Waals surface area contributed by atoms with E-state index in [2.05, 4.69) is 10.3 Å². The highest BCUT2D eigenvalue weighted by atomic mass is 35.5. The fourth-order valence-electron chi connectivity index (χ4n) is 4.18. The molecule has 8 heteroatoms. The van der Waals surface area contributed by atoms with Crippen molar-refractivity contribution >= 4 is 61.8 Å². The molecule has 28 heavy (non-hydrogen) atoms. The summed E-state index contributed by atoms with van der Waals surface area (Å²) in [4.78, 5) is 30.3. The fraction of sp³-hybridized carbons (Fsp3) is 0.450. The molecule has 1 amide bonds. The average molecular weight is 439 g/mol. The van der Waals surface area contributed by atoms with Gasteiger partial charge in [-0.05, 0) is 36.8 Å². The molecule has 1 heterocycles. The predicted molar refractivity (Wildman–Crippen MR) is 112 cm³/mol. The molecule has 0 saturated heterocycles. The van der Waals surface area contributed by atoms with E-state index in [4.69, 9.17) is 27.9 Å². The van der Waals surface area contributed by atoms with Crippen LogP contribution in [0, 0.1) is 30.6 Å². The van der Waals surface area contributed by atoms with Crippen molar-refractivity contribution in [2.75, 3.05) is 17.1 Å². The molecule has 1 saturated carbocycles. The first kappa shape index (κ1) is 19.7. The molecular weight excluding hydrogens is 419 g/mol. The van der Waals surface area contributed by atoms with Gasteiger partial charge in [-0.2, -0.15) is 0 Å². The number of halogens is 2. The van der Waals surface area contributed by atoms with E-state index in [1.54, 1.807) is 0 Å². The maximum atomic E-state index is 13.1. The molecule has 4 atom stereocenters. The van der Waals surface area contributed by atoms with Gasteiger partial charge in [-0.3, -0.25) is 9.59 Å². The quantitative estimate of drug-likeness (QED) is 0.412. The molecule has 2 aliphatic carbocycles. The Bertz CT molecular complexity index is 941. The molecule has 4 rings (SSSR count). The molecule has 1 fully saturated rings. The first-order valence-electron chi connectivity index (χ1n) is 9.19. The van der Waals surface area contributed by atoms with Crippen LogP contribution in [0.2, 0.25) is 0 Å². The first-order chi connectivity index (χ1) is 13.5. The van der Waals surface area contributed by atoms with Crippen LogP contribution >= 0.6 is 34.5 Å². The SMILES string of the molecule is Cc1cccc2nc(NC(=O)[C@@H]3[C@@H](C(=O)OC(CCl)CCl)[C@H]4C=C[C@@H]3C4)sc12.